The van der Waals surface area contributed by atoms with Crippen molar-refractivity contribution in [3.8, 4) is 0 Å². The van der Waals surface area contributed by atoms with E-state index in [0.717, 1.165) is 41.4 Å². The highest BCUT2D eigenvalue weighted by atomic mass is 14.6. The summed E-state index contributed by atoms with van der Waals surface area (Å²) in [6.45, 7) is 2.68. The van der Waals surface area contributed by atoms with Crippen molar-refractivity contribution in [3.05, 3.63) is 0 Å². The fraction of sp³-hybridized carbons (Fsp3) is 1.00. The first kappa shape index (κ1) is 14.6. The molecule has 0 aromatic carbocycles. The minimum absolute atomic E-state index is 1.05. The van der Waals surface area contributed by atoms with Crippen LogP contribution in [0, 0.1) is 41.4 Å². The van der Waals surface area contributed by atoms with Gasteiger partial charge in [0, 0.05) is 0 Å². The van der Waals surface area contributed by atoms with Crippen LogP contribution in [0.4, 0.5) is 0 Å². The van der Waals surface area contributed by atoms with Crippen molar-refractivity contribution in [2.24, 2.45) is 41.4 Å². The molecule has 5 unspecified atom stereocenters. The van der Waals surface area contributed by atoms with E-state index in [1.54, 1.807) is 64.2 Å². The number of hydrogen-bond donors (Lipinski definition) is 0. The second-order valence-electron chi connectivity index (χ2n) is 9.06. The fourth-order valence-corrected chi connectivity index (χ4v) is 7.47. The zero-order valence-electron chi connectivity index (χ0n) is 14.2. The lowest BCUT2D eigenvalue weighted by Gasteiger charge is -2.40. The zero-order chi connectivity index (χ0) is 14.2. The normalized spacial score (nSPS) is 45.9. The SMILES string of the molecule is CC(C1CCCCC1)C1C2CCCCC2C2CCCCC21. The Hall–Kier alpha value is 0. The smallest absolute Gasteiger partial charge is 0.0323 e. The molecule has 5 atom stereocenters. The third kappa shape index (κ3) is 2.59. The molecule has 4 rings (SSSR count). The van der Waals surface area contributed by atoms with E-state index in [1.807, 2.05) is 0 Å². The summed E-state index contributed by atoms with van der Waals surface area (Å²) >= 11 is 0. The van der Waals surface area contributed by atoms with Gasteiger partial charge in [0.15, 0.2) is 0 Å². The molecule has 0 saturated heterocycles. The summed E-state index contributed by atoms with van der Waals surface area (Å²) in [5.41, 5.74) is 0. The van der Waals surface area contributed by atoms with Gasteiger partial charge in [0.1, 0.15) is 0 Å². The molecule has 0 bridgehead atoms. The predicted molar refractivity (Wildman–Crippen MR) is 90.1 cm³/mol. The van der Waals surface area contributed by atoms with E-state index in [1.165, 1.54) is 19.3 Å². The first-order valence-electron chi connectivity index (χ1n) is 10.4. The summed E-state index contributed by atoms with van der Waals surface area (Å²) in [6.07, 6.45) is 20.3. The van der Waals surface area contributed by atoms with Crippen LogP contribution >= 0.6 is 0 Å². The third-order valence-electron chi connectivity index (χ3n) is 8.29. The maximum Gasteiger partial charge on any atom is -0.0323 e. The Morgan fingerprint density at radius 1 is 0.524 bits per heavy atom. The maximum absolute atomic E-state index is 2.68. The molecule has 120 valence electrons. The Kier molecular flexibility index (Phi) is 4.34. The molecule has 0 aromatic heterocycles. The summed E-state index contributed by atoms with van der Waals surface area (Å²) < 4.78 is 0. The van der Waals surface area contributed by atoms with Gasteiger partial charge in [0.05, 0.1) is 0 Å². The largest absolute Gasteiger partial charge is 0.0620 e. The Morgan fingerprint density at radius 2 is 0.952 bits per heavy atom. The zero-order valence-corrected chi connectivity index (χ0v) is 14.2. The summed E-state index contributed by atoms with van der Waals surface area (Å²) in [5.74, 6) is 7.85. The Morgan fingerprint density at radius 3 is 1.48 bits per heavy atom. The molecule has 0 spiro atoms. The maximum atomic E-state index is 2.68. The van der Waals surface area contributed by atoms with Gasteiger partial charge in [-0.3, -0.25) is 0 Å². The quantitative estimate of drug-likeness (QED) is 0.548. The number of hydrogen-bond acceptors (Lipinski definition) is 0. The van der Waals surface area contributed by atoms with Crippen molar-refractivity contribution in [2.45, 2.75) is 90.4 Å². The Bertz CT molecular complexity index is 318. The van der Waals surface area contributed by atoms with Crippen LogP contribution in [0.2, 0.25) is 0 Å². The molecule has 4 saturated carbocycles. The van der Waals surface area contributed by atoms with Crippen molar-refractivity contribution in [1.29, 1.82) is 0 Å². The lowest BCUT2D eigenvalue weighted by Crippen LogP contribution is -2.32. The van der Waals surface area contributed by atoms with Gasteiger partial charge in [-0.25, -0.2) is 0 Å². The van der Waals surface area contributed by atoms with Crippen molar-refractivity contribution in [1.82, 2.24) is 0 Å². The summed E-state index contributed by atoms with van der Waals surface area (Å²) in [7, 11) is 0. The van der Waals surface area contributed by atoms with Gasteiger partial charge < -0.3 is 0 Å². The fourth-order valence-electron chi connectivity index (χ4n) is 7.47. The molecule has 0 aliphatic heterocycles. The van der Waals surface area contributed by atoms with Crippen LogP contribution in [0.5, 0.6) is 0 Å². The van der Waals surface area contributed by atoms with E-state index >= 15 is 0 Å². The lowest BCUT2D eigenvalue weighted by atomic mass is 9.66. The second-order valence-corrected chi connectivity index (χ2v) is 9.06. The molecule has 0 N–H and O–H groups in total. The molecular formula is C21H36. The second kappa shape index (κ2) is 6.25. The van der Waals surface area contributed by atoms with E-state index in [0.29, 0.717) is 0 Å². The van der Waals surface area contributed by atoms with Crippen molar-refractivity contribution >= 4 is 0 Å². The average Bonchev–Trinajstić information content (AvgIpc) is 2.90. The van der Waals surface area contributed by atoms with Gasteiger partial charge >= 0.3 is 0 Å². The van der Waals surface area contributed by atoms with Crippen molar-refractivity contribution < 1.29 is 0 Å². The average molecular weight is 289 g/mol. The summed E-state index contributed by atoms with van der Waals surface area (Å²) in [5, 5.41) is 0. The van der Waals surface area contributed by atoms with Crippen LogP contribution in [-0.2, 0) is 0 Å². The minimum atomic E-state index is 1.05. The molecule has 0 radical (unpaired) electrons. The van der Waals surface area contributed by atoms with Crippen LogP contribution in [0.3, 0.4) is 0 Å². The van der Waals surface area contributed by atoms with Gasteiger partial charge in [-0.1, -0.05) is 64.7 Å². The van der Waals surface area contributed by atoms with Gasteiger partial charge in [-0.05, 0) is 67.1 Å². The minimum Gasteiger partial charge on any atom is -0.0620 e. The molecule has 0 heterocycles. The lowest BCUT2D eigenvalue weighted by molar-refractivity contribution is 0.0976. The van der Waals surface area contributed by atoms with E-state index in [4.69, 9.17) is 0 Å². The molecule has 0 aromatic rings. The number of rotatable bonds is 2. The first-order chi connectivity index (χ1) is 10.4. The standard InChI is InChI=1S/C21H36/c1-15(16-9-3-2-4-10-16)21-19-13-7-5-11-17(19)18-12-6-8-14-20(18)21/h15-21H,2-14H2,1H3. The van der Waals surface area contributed by atoms with Crippen LogP contribution < -0.4 is 0 Å². The Balaban J connectivity index is 1.55. The van der Waals surface area contributed by atoms with E-state index < -0.39 is 0 Å². The summed E-state index contributed by atoms with van der Waals surface area (Å²) in [6, 6.07) is 0. The summed E-state index contributed by atoms with van der Waals surface area (Å²) in [4.78, 5) is 0. The highest BCUT2D eigenvalue weighted by Gasteiger charge is 2.53. The molecule has 0 heteroatoms. The molecule has 4 aliphatic carbocycles. The molecular weight excluding hydrogens is 252 g/mol. The van der Waals surface area contributed by atoms with Crippen molar-refractivity contribution in [3.63, 3.8) is 0 Å². The molecule has 4 fully saturated rings. The number of fused-ring (bicyclic) bond motifs is 3. The van der Waals surface area contributed by atoms with E-state index in [-0.39, 0.29) is 0 Å². The van der Waals surface area contributed by atoms with Gasteiger partial charge in [-0.2, -0.15) is 0 Å². The van der Waals surface area contributed by atoms with E-state index in [2.05, 4.69) is 6.92 Å². The van der Waals surface area contributed by atoms with Gasteiger partial charge in [0.25, 0.3) is 0 Å². The predicted octanol–water partition coefficient (Wildman–Crippen LogP) is 6.45. The highest BCUT2D eigenvalue weighted by Crippen LogP contribution is 2.60. The molecule has 21 heavy (non-hydrogen) atoms. The molecule has 0 amide bonds. The Labute approximate surface area is 132 Å². The molecule has 0 nitrogen and oxygen atoms in total. The molecule has 4 aliphatic rings. The van der Waals surface area contributed by atoms with Crippen LogP contribution in [0.15, 0.2) is 0 Å². The van der Waals surface area contributed by atoms with Gasteiger partial charge in [0.2, 0.25) is 0 Å². The topological polar surface area (TPSA) is 0 Å². The monoisotopic (exact) mass is 288 g/mol. The van der Waals surface area contributed by atoms with Gasteiger partial charge in [-0.15, -0.1) is 0 Å². The van der Waals surface area contributed by atoms with Crippen LogP contribution in [0.25, 0.3) is 0 Å². The van der Waals surface area contributed by atoms with Crippen molar-refractivity contribution in [2.75, 3.05) is 0 Å². The third-order valence-corrected chi connectivity index (χ3v) is 8.29. The van der Waals surface area contributed by atoms with E-state index in [9.17, 15) is 0 Å². The van der Waals surface area contributed by atoms with Crippen LogP contribution in [0.1, 0.15) is 90.4 Å². The highest BCUT2D eigenvalue weighted by molar-refractivity contribution is 5.01. The van der Waals surface area contributed by atoms with Crippen LogP contribution in [-0.4, -0.2) is 0 Å². The first-order valence-corrected chi connectivity index (χ1v) is 10.4.